The first kappa shape index (κ1) is 12.2. The Morgan fingerprint density at radius 3 is 2.69 bits per heavy atom. The maximum Gasteiger partial charge on any atom is 0.540 e. The molecule has 0 radical (unpaired) electrons. The molecule has 1 aliphatic heterocycles. The van der Waals surface area contributed by atoms with Crippen LogP contribution in [0.2, 0.25) is 0 Å². The van der Waals surface area contributed by atoms with E-state index in [9.17, 15) is 14.4 Å². The molecule has 0 aromatic heterocycles. The standard InChI is InChI=1S/C9H11NO6/c1-6-5-7(11)10(8(6)12)3-2-4-15-9(13)16-14/h5,14H,2-4H2,1H3. The molecule has 0 aromatic rings. The molecule has 16 heavy (non-hydrogen) atoms. The fraction of sp³-hybridized carbons (Fsp3) is 0.444. The summed E-state index contributed by atoms with van der Waals surface area (Å²) in [5.74, 6) is -0.707. The van der Waals surface area contributed by atoms with Crippen LogP contribution in [0.3, 0.4) is 0 Å². The molecule has 1 heterocycles. The zero-order valence-corrected chi connectivity index (χ0v) is 8.63. The Labute approximate surface area is 91.2 Å². The van der Waals surface area contributed by atoms with Crippen LogP contribution >= 0.6 is 0 Å². The van der Waals surface area contributed by atoms with E-state index in [0.717, 1.165) is 4.90 Å². The molecule has 0 spiro atoms. The molecule has 1 aliphatic rings. The predicted molar refractivity (Wildman–Crippen MR) is 50.2 cm³/mol. The largest absolute Gasteiger partial charge is 0.540 e. The Morgan fingerprint density at radius 1 is 1.50 bits per heavy atom. The first-order valence-corrected chi connectivity index (χ1v) is 4.58. The number of nitrogens with zero attached hydrogens (tertiary/aromatic N) is 1. The van der Waals surface area contributed by atoms with Gasteiger partial charge in [-0.2, -0.15) is 5.26 Å². The van der Waals surface area contributed by atoms with E-state index in [1.165, 1.54) is 6.08 Å². The number of carbonyl (C=O) groups excluding carboxylic acids is 3. The smallest absolute Gasteiger partial charge is 0.432 e. The van der Waals surface area contributed by atoms with Crippen molar-refractivity contribution >= 4 is 18.0 Å². The highest BCUT2D eigenvalue weighted by Gasteiger charge is 2.27. The second-order valence-corrected chi connectivity index (χ2v) is 3.17. The van der Waals surface area contributed by atoms with E-state index in [1.54, 1.807) is 6.92 Å². The number of rotatable bonds is 4. The molecule has 1 N–H and O–H groups in total. The van der Waals surface area contributed by atoms with Gasteiger partial charge < -0.3 is 4.74 Å². The first-order valence-electron chi connectivity index (χ1n) is 4.58. The summed E-state index contributed by atoms with van der Waals surface area (Å²) in [7, 11) is 0. The highest BCUT2D eigenvalue weighted by molar-refractivity contribution is 6.15. The number of hydrogen-bond acceptors (Lipinski definition) is 6. The fourth-order valence-corrected chi connectivity index (χ4v) is 1.25. The maximum absolute atomic E-state index is 11.4. The van der Waals surface area contributed by atoms with Crippen LogP contribution in [0, 0.1) is 0 Å². The van der Waals surface area contributed by atoms with E-state index < -0.39 is 6.16 Å². The molecule has 0 fully saturated rings. The Bertz CT molecular complexity index is 348. The van der Waals surface area contributed by atoms with Gasteiger partial charge in [0.25, 0.3) is 11.8 Å². The lowest BCUT2D eigenvalue weighted by atomic mass is 10.3. The zero-order valence-electron chi connectivity index (χ0n) is 8.63. The quantitative estimate of drug-likeness (QED) is 0.245. The van der Waals surface area contributed by atoms with E-state index >= 15 is 0 Å². The van der Waals surface area contributed by atoms with Crippen LogP contribution < -0.4 is 0 Å². The van der Waals surface area contributed by atoms with Gasteiger partial charge in [-0.15, -0.1) is 0 Å². The van der Waals surface area contributed by atoms with Gasteiger partial charge in [0.05, 0.1) is 6.61 Å². The summed E-state index contributed by atoms with van der Waals surface area (Å²) in [5, 5.41) is 7.86. The summed E-state index contributed by atoms with van der Waals surface area (Å²) in [5.41, 5.74) is 0.390. The second-order valence-electron chi connectivity index (χ2n) is 3.17. The van der Waals surface area contributed by atoms with Crippen molar-refractivity contribution in [3.05, 3.63) is 11.6 Å². The molecule has 0 unspecified atom stereocenters. The molecule has 7 heteroatoms. The van der Waals surface area contributed by atoms with Crippen molar-refractivity contribution in [2.45, 2.75) is 13.3 Å². The average Bonchev–Trinajstić information content (AvgIpc) is 2.49. The average molecular weight is 229 g/mol. The van der Waals surface area contributed by atoms with Crippen molar-refractivity contribution in [3.8, 4) is 0 Å². The van der Waals surface area contributed by atoms with Gasteiger partial charge in [0.15, 0.2) is 0 Å². The topological polar surface area (TPSA) is 93.1 Å². The lowest BCUT2D eigenvalue weighted by Gasteiger charge is -2.13. The molecule has 7 nitrogen and oxygen atoms in total. The summed E-state index contributed by atoms with van der Waals surface area (Å²) in [4.78, 5) is 37.3. The maximum atomic E-state index is 11.4. The van der Waals surface area contributed by atoms with Crippen molar-refractivity contribution in [2.24, 2.45) is 0 Å². The van der Waals surface area contributed by atoms with E-state index in [4.69, 9.17) is 5.26 Å². The van der Waals surface area contributed by atoms with Crippen molar-refractivity contribution in [1.29, 1.82) is 0 Å². The summed E-state index contributed by atoms with van der Waals surface area (Å²) in [6, 6.07) is 0. The van der Waals surface area contributed by atoms with Gasteiger partial charge in [-0.1, -0.05) is 0 Å². The highest BCUT2D eigenvalue weighted by Crippen LogP contribution is 2.11. The van der Waals surface area contributed by atoms with Crippen LogP contribution in [-0.4, -0.2) is 41.3 Å². The molecule has 1 rings (SSSR count). The molecule has 0 saturated heterocycles. The van der Waals surface area contributed by atoms with E-state index in [2.05, 4.69) is 9.62 Å². The lowest BCUT2D eigenvalue weighted by Crippen LogP contribution is -2.32. The van der Waals surface area contributed by atoms with Crippen LogP contribution in [0.5, 0.6) is 0 Å². The lowest BCUT2D eigenvalue weighted by molar-refractivity contribution is -0.200. The van der Waals surface area contributed by atoms with Crippen LogP contribution in [0.25, 0.3) is 0 Å². The first-order chi connectivity index (χ1) is 7.56. The minimum atomic E-state index is -1.21. The minimum Gasteiger partial charge on any atom is -0.432 e. The molecular formula is C9H11NO6. The van der Waals surface area contributed by atoms with Crippen LogP contribution in [0.4, 0.5) is 4.79 Å². The number of amides is 2. The van der Waals surface area contributed by atoms with Crippen molar-refractivity contribution in [1.82, 2.24) is 4.90 Å². The predicted octanol–water partition coefficient (Wildman–Crippen LogP) is 0.318. The summed E-state index contributed by atoms with van der Waals surface area (Å²) in [6.45, 7) is 1.67. The normalized spacial score (nSPS) is 15.1. The summed E-state index contributed by atoms with van der Waals surface area (Å²) >= 11 is 0. The van der Waals surface area contributed by atoms with E-state index in [0.29, 0.717) is 5.57 Å². The molecule has 0 aliphatic carbocycles. The van der Waals surface area contributed by atoms with E-state index in [1.807, 2.05) is 0 Å². The van der Waals surface area contributed by atoms with Gasteiger partial charge in [-0.3, -0.25) is 19.4 Å². The van der Waals surface area contributed by atoms with Crippen molar-refractivity contribution in [2.75, 3.05) is 13.2 Å². The SMILES string of the molecule is CC1=CC(=O)N(CCCOC(=O)OO)C1=O. The molecular weight excluding hydrogens is 218 g/mol. The monoisotopic (exact) mass is 229 g/mol. The zero-order chi connectivity index (χ0) is 12.1. The molecule has 88 valence electrons. The molecule has 0 bridgehead atoms. The van der Waals surface area contributed by atoms with Crippen LogP contribution in [0.15, 0.2) is 11.6 Å². The Kier molecular flexibility index (Phi) is 4.01. The fourth-order valence-electron chi connectivity index (χ4n) is 1.25. The number of carbonyl (C=O) groups is 3. The molecule has 2 amide bonds. The summed E-state index contributed by atoms with van der Waals surface area (Å²) in [6.07, 6.45) is 0.326. The van der Waals surface area contributed by atoms with Crippen molar-refractivity contribution < 1.29 is 29.3 Å². The number of imide groups is 1. The van der Waals surface area contributed by atoms with Gasteiger partial charge in [0.1, 0.15) is 0 Å². The Morgan fingerprint density at radius 2 is 2.19 bits per heavy atom. The molecule has 0 atom stereocenters. The van der Waals surface area contributed by atoms with Gasteiger partial charge >= 0.3 is 6.16 Å². The Hall–Kier alpha value is -1.89. The van der Waals surface area contributed by atoms with Crippen molar-refractivity contribution in [3.63, 3.8) is 0 Å². The van der Waals surface area contributed by atoms with Gasteiger partial charge in [0.2, 0.25) is 0 Å². The van der Waals surface area contributed by atoms with Gasteiger partial charge in [0, 0.05) is 18.2 Å². The minimum absolute atomic E-state index is 0.0461. The number of ether oxygens (including phenoxy) is 1. The molecule has 0 aromatic carbocycles. The highest BCUT2D eigenvalue weighted by atomic mass is 17.1. The van der Waals surface area contributed by atoms with Gasteiger partial charge in [-0.25, -0.2) is 4.79 Å². The Balaban J connectivity index is 2.27. The van der Waals surface area contributed by atoms with Crippen LogP contribution in [0.1, 0.15) is 13.3 Å². The third-order valence-electron chi connectivity index (χ3n) is 2.01. The van der Waals surface area contributed by atoms with Gasteiger partial charge in [-0.05, 0) is 13.3 Å². The van der Waals surface area contributed by atoms with Crippen LogP contribution in [-0.2, 0) is 19.2 Å². The third-order valence-corrected chi connectivity index (χ3v) is 2.01. The van der Waals surface area contributed by atoms with E-state index in [-0.39, 0.29) is 31.4 Å². The molecule has 0 saturated carbocycles. The summed E-state index contributed by atoms with van der Waals surface area (Å²) < 4.78 is 4.37. The second kappa shape index (κ2) is 5.26. The third kappa shape index (κ3) is 2.80. The number of hydrogen-bond donors (Lipinski definition) is 1.